The van der Waals surface area contributed by atoms with Gasteiger partial charge in [0.05, 0.1) is 11.6 Å². The van der Waals surface area contributed by atoms with Gasteiger partial charge in [0.2, 0.25) is 0 Å². The zero-order valence-corrected chi connectivity index (χ0v) is 14.2. The minimum atomic E-state index is 0.264. The van der Waals surface area contributed by atoms with E-state index in [9.17, 15) is 0 Å². The van der Waals surface area contributed by atoms with Crippen molar-refractivity contribution in [2.45, 2.75) is 13.0 Å². The fraction of sp³-hybridized carbons (Fsp3) is 0.312. The molecule has 0 aliphatic heterocycles. The van der Waals surface area contributed by atoms with Crippen LogP contribution in [-0.2, 0) is 0 Å². The standard InChI is InChI=1S/C16H19N5OS/c1-11-19-16(22-20-11)13-5-4-7-17-15(13)18-9-14(21(2)3)12-6-8-23-10-12/h4-8,10,14H,9H2,1-3H3,(H,17,18)/t14-/m0/s1. The van der Waals surface area contributed by atoms with Crippen LogP contribution in [0.4, 0.5) is 5.82 Å². The van der Waals surface area contributed by atoms with Gasteiger partial charge in [-0.3, -0.25) is 0 Å². The second kappa shape index (κ2) is 6.89. The molecule has 3 aromatic rings. The van der Waals surface area contributed by atoms with Gasteiger partial charge in [0.1, 0.15) is 5.82 Å². The van der Waals surface area contributed by atoms with Crippen molar-refractivity contribution in [3.8, 4) is 11.5 Å². The van der Waals surface area contributed by atoms with E-state index in [0.717, 1.165) is 17.9 Å². The summed E-state index contributed by atoms with van der Waals surface area (Å²) in [6, 6.07) is 6.21. The number of aromatic nitrogens is 3. The van der Waals surface area contributed by atoms with E-state index in [2.05, 4.69) is 56.3 Å². The largest absolute Gasteiger partial charge is 0.367 e. The molecule has 0 radical (unpaired) electrons. The Labute approximate surface area is 139 Å². The zero-order valence-electron chi connectivity index (χ0n) is 13.4. The minimum Gasteiger partial charge on any atom is -0.367 e. The van der Waals surface area contributed by atoms with Crippen molar-refractivity contribution in [2.24, 2.45) is 0 Å². The number of anilines is 1. The third-order valence-corrected chi connectivity index (χ3v) is 4.28. The molecular weight excluding hydrogens is 310 g/mol. The van der Waals surface area contributed by atoms with Gasteiger partial charge >= 0.3 is 0 Å². The van der Waals surface area contributed by atoms with Gasteiger partial charge in [-0.25, -0.2) is 4.98 Å². The molecule has 0 aliphatic carbocycles. The fourth-order valence-electron chi connectivity index (χ4n) is 2.38. The molecule has 0 saturated heterocycles. The van der Waals surface area contributed by atoms with E-state index in [1.807, 2.05) is 12.1 Å². The molecule has 0 spiro atoms. The van der Waals surface area contributed by atoms with Crippen molar-refractivity contribution >= 4 is 17.2 Å². The Morgan fingerprint density at radius 3 is 2.87 bits per heavy atom. The number of nitrogens with one attached hydrogen (secondary N) is 1. The van der Waals surface area contributed by atoms with E-state index < -0.39 is 0 Å². The number of nitrogens with zero attached hydrogens (tertiary/aromatic N) is 4. The minimum absolute atomic E-state index is 0.264. The predicted molar refractivity (Wildman–Crippen MR) is 91.5 cm³/mol. The van der Waals surface area contributed by atoms with Crippen molar-refractivity contribution in [1.29, 1.82) is 0 Å². The first-order valence-corrected chi connectivity index (χ1v) is 8.27. The molecule has 0 aliphatic rings. The summed E-state index contributed by atoms with van der Waals surface area (Å²) < 4.78 is 5.27. The molecular formula is C16H19N5OS. The molecule has 3 aromatic heterocycles. The molecule has 3 rings (SSSR count). The maximum absolute atomic E-state index is 5.27. The molecule has 0 saturated carbocycles. The van der Waals surface area contributed by atoms with Gasteiger partial charge in [-0.05, 0) is 55.5 Å². The lowest BCUT2D eigenvalue weighted by Gasteiger charge is -2.24. The SMILES string of the molecule is Cc1noc(-c2cccnc2NC[C@@H](c2ccsc2)N(C)C)n1. The lowest BCUT2D eigenvalue weighted by atomic mass is 10.1. The number of rotatable bonds is 6. The average Bonchev–Trinajstić information content (AvgIpc) is 3.19. The number of thiophene rings is 1. The van der Waals surface area contributed by atoms with Gasteiger partial charge in [-0.2, -0.15) is 16.3 Å². The molecule has 0 amide bonds. The topological polar surface area (TPSA) is 67.1 Å². The summed E-state index contributed by atoms with van der Waals surface area (Å²) in [4.78, 5) is 10.9. The lowest BCUT2D eigenvalue weighted by Crippen LogP contribution is -2.26. The van der Waals surface area contributed by atoms with Gasteiger partial charge < -0.3 is 14.7 Å². The number of hydrogen-bond donors (Lipinski definition) is 1. The smallest absolute Gasteiger partial charge is 0.261 e. The van der Waals surface area contributed by atoms with Gasteiger partial charge in [-0.1, -0.05) is 5.16 Å². The average molecular weight is 329 g/mol. The van der Waals surface area contributed by atoms with Gasteiger partial charge in [0.25, 0.3) is 5.89 Å². The van der Waals surface area contributed by atoms with Crippen LogP contribution in [0.15, 0.2) is 39.7 Å². The van der Waals surface area contributed by atoms with Crippen molar-refractivity contribution in [2.75, 3.05) is 26.0 Å². The predicted octanol–water partition coefficient (Wildman–Crippen LogP) is 3.22. The van der Waals surface area contributed by atoms with Crippen molar-refractivity contribution in [1.82, 2.24) is 20.0 Å². The number of hydrogen-bond acceptors (Lipinski definition) is 7. The first kappa shape index (κ1) is 15.6. The number of likely N-dealkylation sites (N-methyl/N-ethyl adjacent to an activating group) is 1. The van der Waals surface area contributed by atoms with Crippen LogP contribution in [0, 0.1) is 6.92 Å². The Bertz CT molecular complexity index is 753. The summed E-state index contributed by atoms with van der Waals surface area (Å²) in [5, 5.41) is 11.5. The van der Waals surface area contributed by atoms with Gasteiger partial charge in [0.15, 0.2) is 5.82 Å². The van der Waals surface area contributed by atoms with Crippen LogP contribution >= 0.6 is 11.3 Å². The van der Waals surface area contributed by atoms with Crippen LogP contribution < -0.4 is 5.32 Å². The number of pyridine rings is 1. The molecule has 1 atom stereocenters. The summed E-state index contributed by atoms with van der Waals surface area (Å²) >= 11 is 1.71. The third kappa shape index (κ3) is 3.57. The summed E-state index contributed by atoms with van der Waals surface area (Å²) in [5.74, 6) is 1.84. The highest BCUT2D eigenvalue weighted by Crippen LogP contribution is 2.26. The van der Waals surface area contributed by atoms with Crippen molar-refractivity contribution in [3.63, 3.8) is 0 Å². The summed E-state index contributed by atoms with van der Waals surface area (Å²) in [7, 11) is 4.15. The second-order valence-electron chi connectivity index (χ2n) is 5.46. The number of aryl methyl sites for hydroxylation is 1. The highest BCUT2D eigenvalue weighted by Gasteiger charge is 2.17. The van der Waals surface area contributed by atoms with Crippen LogP contribution in [0.25, 0.3) is 11.5 Å². The molecule has 1 N–H and O–H groups in total. The van der Waals surface area contributed by atoms with Crippen molar-refractivity contribution in [3.05, 3.63) is 46.5 Å². The van der Waals surface area contributed by atoms with E-state index in [0.29, 0.717) is 11.7 Å². The lowest BCUT2D eigenvalue weighted by molar-refractivity contribution is 0.312. The molecule has 0 aromatic carbocycles. The van der Waals surface area contributed by atoms with Gasteiger partial charge in [0, 0.05) is 12.7 Å². The Kier molecular flexibility index (Phi) is 4.68. The Morgan fingerprint density at radius 1 is 1.35 bits per heavy atom. The molecule has 7 heteroatoms. The molecule has 23 heavy (non-hydrogen) atoms. The Balaban J connectivity index is 1.80. The summed E-state index contributed by atoms with van der Waals surface area (Å²) in [5.41, 5.74) is 2.11. The van der Waals surface area contributed by atoms with E-state index in [1.54, 1.807) is 24.5 Å². The maximum Gasteiger partial charge on any atom is 0.261 e. The van der Waals surface area contributed by atoms with Crippen LogP contribution in [0.1, 0.15) is 17.4 Å². The summed E-state index contributed by atoms with van der Waals surface area (Å²) in [6.07, 6.45) is 1.75. The van der Waals surface area contributed by atoms with E-state index in [-0.39, 0.29) is 6.04 Å². The van der Waals surface area contributed by atoms with Gasteiger partial charge in [-0.15, -0.1) is 0 Å². The maximum atomic E-state index is 5.27. The highest BCUT2D eigenvalue weighted by molar-refractivity contribution is 7.07. The van der Waals surface area contributed by atoms with Crippen molar-refractivity contribution < 1.29 is 4.52 Å². The first-order chi connectivity index (χ1) is 11.1. The monoisotopic (exact) mass is 329 g/mol. The third-order valence-electron chi connectivity index (χ3n) is 3.58. The van der Waals surface area contributed by atoms with Crippen LogP contribution in [0.5, 0.6) is 0 Å². The van der Waals surface area contributed by atoms with E-state index >= 15 is 0 Å². The van der Waals surface area contributed by atoms with Crippen LogP contribution in [0.2, 0.25) is 0 Å². The fourth-order valence-corrected chi connectivity index (χ4v) is 3.09. The molecule has 0 unspecified atom stereocenters. The molecule has 3 heterocycles. The normalized spacial score (nSPS) is 12.5. The highest BCUT2D eigenvalue weighted by atomic mass is 32.1. The quantitative estimate of drug-likeness (QED) is 0.749. The Morgan fingerprint density at radius 2 is 2.22 bits per heavy atom. The summed E-state index contributed by atoms with van der Waals surface area (Å²) in [6.45, 7) is 2.54. The van der Waals surface area contributed by atoms with Crippen LogP contribution in [0.3, 0.4) is 0 Å². The van der Waals surface area contributed by atoms with E-state index in [4.69, 9.17) is 4.52 Å². The molecule has 6 nitrogen and oxygen atoms in total. The molecule has 0 fully saturated rings. The molecule has 120 valence electrons. The Hall–Kier alpha value is -2.25. The zero-order chi connectivity index (χ0) is 16.2. The first-order valence-electron chi connectivity index (χ1n) is 7.33. The molecule has 0 bridgehead atoms. The second-order valence-corrected chi connectivity index (χ2v) is 6.24. The van der Waals surface area contributed by atoms with Crippen LogP contribution in [-0.4, -0.2) is 40.7 Å². The van der Waals surface area contributed by atoms with E-state index in [1.165, 1.54) is 5.56 Å².